The number of aryl methyl sites for hydroxylation is 1. The van der Waals surface area contributed by atoms with Crippen LogP contribution in [0.25, 0.3) is 11.3 Å². The van der Waals surface area contributed by atoms with Crippen LogP contribution in [0.4, 0.5) is 10.5 Å². The molecule has 2 fully saturated rings. The second-order valence-corrected chi connectivity index (χ2v) is 8.21. The minimum atomic E-state index is -1.63. The maximum atomic E-state index is 12.4. The fourth-order valence-electron chi connectivity index (χ4n) is 4.89. The Labute approximate surface area is 179 Å². The number of carbonyl (C=O) groups is 1. The summed E-state index contributed by atoms with van der Waals surface area (Å²) < 4.78 is 4.52. The van der Waals surface area contributed by atoms with E-state index in [-0.39, 0.29) is 12.4 Å². The number of ether oxygens (including phenoxy) is 1. The summed E-state index contributed by atoms with van der Waals surface area (Å²) in [6.07, 6.45) is 1.51. The fourth-order valence-corrected chi connectivity index (χ4v) is 4.89. The largest absolute Gasteiger partial charge is 0.511 e. The Morgan fingerprint density at radius 2 is 1.90 bits per heavy atom. The number of nitrogens with two attached hydrogens (primary N) is 1. The molecule has 3 atom stereocenters. The molecule has 0 spiro atoms. The van der Waals surface area contributed by atoms with Crippen LogP contribution in [0.1, 0.15) is 24.0 Å². The molecule has 0 amide bonds. The number of hydrogen-bond donors (Lipinski definition) is 4. The van der Waals surface area contributed by atoms with Crippen molar-refractivity contribution in [3.8, 4) is 22.8 Å². The summed E-state index contributed by atoms with van der Waals surface area (Å²) in [6.45, 7) is 1.96. The highest BCUT2D eigenvalue weighted by Gasteiger charge is 2.53. The van der Waals surface area contributed by atoms with Crippen molar-refractivity contribution in [3.05, 3.63) is 39.7 Å². The van der Waals surface area contributed by atoms with Gasteiger partial charge < -0.3 is 30.6 Å². The lowest BCUT2D eigenvalue weighted by Crippen LogP contribution is -2.28. The third-order valence-corrected chi connectivity index (χ3v) is 6.54. The summed E-state index contributed by atoms with van der Waals surface area (Å²) in [5, 5.41) is 19.4. The number of nitrogens with zero attached hydrogens (tertiary/aromatic N) is 1. The van der Waals surface area contributed by atoms with Crippen molar-refractivity contribution >= 4 is 24.2 Å². The monoisotopic (exact) mass is 433 g/mol. The zero-order valence-electron chi connectivity index (χ0n) is 16.3. The Kier molecular flexibility index (Phi) is 5.15. The minimum absolute atomic E-state index is 0. The molecule has 160 valence electrons. The second kappa shape index (κ2) is 7.52. The zero-order chi connectivity index (χ0) is 20.3. The van der Waals surface area contributed by atoms with Crippen molar-refractivity contribution in [3.63, 3.8) is 0 Å². The van der Waals surface area contributed by atoms with Crippen LogP contribution in [0.2, 0.25) is 0 Å². The maximum absolute atomic E-state index is 12.4. The van der Waals surface area contributed by atoms with Crippen molar-refractivity contribution in [1.29, 1.82) is 0 Å². The molecule has 2 aliphatic carbocycles. The van der Waals surface area contributed by atoms with Gasteiger partial charge in [0.1, 0.15) is 0 Å². The molecule has 8 nitrogen and oxygen atoms in total. The molecule has 1 unspecified atom stereocenters. The third-order valence-electron chi connectivity index (χ3n) is 6.54. The molecule has 9 heteroatoms. The summed E-state index contributed by atoms with van der Waals surface area (Å²) >= 11 is 0. The predicted molar refractivity (Wildman–Crippen MR) is 114 cm³/mol. The number of carboxylic acid groups (broad SMARTS) is 1. The first-order valence-electron chi connectivity index (χ1n) is 9.96. The second-order valence-electron chi connectivity index (χ2n) is 8.21. The highest BCUT2D eigenvalue weighted by molar-refractivity contribution is 5.85. The molecule has 30 heavy (non-hydrogen) atoms. The average molecular weight is 434 g/mol. The Bertz CT molecular complexity index is 1060. The molecule has 5 rings (SSSR count). The smallest absolute Gasteiger partial charge is 0.504 e. The maximum Gasteiger partial charge on any atom is 0.511 e. The number of benzene rings is 1. The van der Waals surface area contributed by atoms with Crippen molar-refractivity contribution in [1.82, 2.24) is 4.98 Å². The number of nitrogens with one attached hydrogen (secondary N) is 1. The van der Waals surface area contributed by atoms with Gasteiger partial charge in [-0.3, -0.25) is 4.79 Å². The summed E-state index contributed by atoms with van der Waals surface area (Å²) in [6, 6.07) is 6.53. The lowest BCUT2D eigenvalue weighted by molar-refractivity contribution is 0.142. The highest BCUT2D eigenvalue weighted by Crippen LogP contribution is 2.46. The van der Waals surface area contributed by atoms with Crippen LogP contribution >= 0.6 is 12.4 Å². The molecule has 1 saturated carbocycles. The number of pyridine rings is 1. The van der Waals surface area contributed by atoms with Crippen molar-refractivity contribution in [2.24, 2.45) is 17.6 Å². The normalized spacial score (nSPS) is 23.9. The predicted octanol–water partition coefficient (Wildman–Crippen LogP) is 2.50. The van der Waals surface area contributed by atoms with Crippen LogP contribution in [-0.4, -0.2) is 40.5 Å². The molecule has 0 bridgehead atoms. The van der Waals surface area contributed by atoms with Crippen LogP contribution in [0.15, 0.2) is 23.0 Å². The van der Waals surface area contributed by atoms with Gasteiger partial charge in [-0.15, -0.1) is 12.4 Å². The van der Waals surface area contributed by atoms with Gasteiger partial charge in [-0.1, -0.05) is 6.07 Å². The van der Waals surface area contributed by atoms with Gasteiger partial charge in [-0.05, 0) is 55.2 Å². The van der Waals surface area contributed by atoms with Gasteiger partial charge in [0.05, 0.1) is 5.69 Å². The van der Waals surface area contributed by atoms with Gasteiger partial charge in [-0.25, -0.2) is 4.79 Å². The number of piperidine rings is 1. The third kappa shape index (κ3) is 3.30. The van der Waals surface area contributed by atoms with Crippen molar-refractivity contribution < 1.29 is 19.7 Å². The lowest BCUT2D eigenvalue weighted by Gasteiger charge is -2.24. The first kappa shape index (κ1) is 20.6. The molecule has 0 radical (unpaired) electrons. The molecule has 1 aromatic carbocycles. The van der Waals surface area contributed by atoms with Crippen LogP contribution in [0, 0.1) is 11.8 Å². The quantitative estimate of drug-likeness (QED) is 0.535. The van der Waals surface area contributed by atoms with E-state index in [0.29, 0.717) is 35.6 Å². The topological polar surface area (TPSA) is 129 Å². The number of halogens is 1. The number of aromatic nitrogens is 1. The van der Waals surface area contributed by atoms with E-state index in [2.05, 4.69) is 20.7 Å². The number of aromatic amines is 1. The molecule has 1 saturated heterocycles. The number of rotatable bonds is 2. The summed E-state index contributed by atoms with van der Waals surface area (Å²) in [7, 11) is 0. The number of hydrogen-bond acceptors (Lipinski definition) is 6. The molecule has 1 aliphatic heterocycles. The molecule has 2 aromatic rings. The molecule has 2 heterocycles. The standard InChI is InChI=1S/C21H23N3O5.ClH/c22-16-14-8-24(9-15(14)16)11-5-6-12-10(7-11)3-1-2-4-13-17(12)23-20(26)19(18(13)25)29-21(27)28;/h5-7,14-16H,1-4,8-9,22H2,(H,27,28)(H2,23,25,26);1H/t14-,15+,16?;. The van der Waals surface area contributed by atoms with Crippen LogP contribution < -0.4 is 20.9 Å². The molecule has 1 aromatic heterocycles. The Morgan fingerprint density at radius 3 is 2.60 bits per heavy atom. The first-order valence-corrected chi connectivity index (χ1v) is 9.96. The van der Waals surface area contributed by atoms with Gasteiger partial charge in [0.2, 0.25) is 5.75 Å². The van der Waals surface area contributed by atoms with Crippen molar-refractivity contribution in [2.45, 2.75) is 31.7 Å². The van der Waals surface area contributed by atoms with E-state index in [4.69, 9.17) is 10.8 Å². The zero-order valence-corrected chi connectivity index (χ0v) is 17.1. The van der Waals surface area contributed by atoms with Gasteiger partial charge in [0, 0.05) is 35.9 Å². The van der Waals surface area contributed by atoms with Gasteiger partial charge in [-0.2, -0.15) is 0 Å². The molecule has 5 N–H and O–H groups in total. The average Bonchev–Trinajstić information content (AvgIpc) is 3.08. The minimum Gasteiger partial charge on any atom is -0.504 e. The Hall–Kier alpha value is -2.71. The van der Waals surface area contributed by atoms with E-state index in [1.54, 1.807) is 0 Å². The van der Waals surface area contributed by atoms with Gasteiger partial charge in [0.15, 0.2) is 5.75 Å². The van der Waals surface area contributed by atoms with Gasteiger partial charge >= 0.3 is 6.16 Å². The summed E-state index contributed by atoms with van der Waals surface area (Å²) in [5.41, 5.74) is 9.48. The number of anilines is 1. The number of aromatic hydroxyl groups is 1. The first-order chi connectivity index (χ1) is 13.9. The SMILES string of the molecule is Cl.NC1[C@H]2CN(c3ccc4c(c3)CCCCc3c-4[nH]c(=O)c(OC(=O)O)c3O)C[C@@H]12. The van der Waals surface area contributed by atoms with Crippen LogP contribution in [0.3, 0.4) is 0 Å². The fraction of sp³-hybridized carbons (Fsp3) is 0.429. The number of fused-ring (bicyclic) bond motifs is 4. The molecular weight excluding hydrogens is 410 g/mol. The molecular formula is C21H24ClN3O5. The van der Waals surface area contributed by atoms with E-state index < -0.39 is 23.2 Å². The van der Waals surface area contributed by atoms with Gasteiger partial charge in [0.25, 0.3) is 5.56 Å². The van der Waals surface area contributed by atoms with E-state index >= 15 is 0 Å². The number of H-pyrrole nitrogens is 1. The summed E-state index contributed by atoms with van der Waals surface area (Å²) in [4.78, 5) is 28.4. The Morgan fingerprint density at radius 1 is 1.20 bits per heavy atom. The van der Waals surface area contributed by atoms with E-state index in [0.717, 1.165) is 49.2 Å². The summed E-state index contributed by atoms with van der Waals surface area (Å²) in [5.74, 6) is 0.233. The van der Waals surface area contributed by atoms with Crippen molar-refractivity contribution in [2.75, 3.05) is 18.0 Å². The van der Waals surface area contributed by atoms with E-state index in [1.165, 1.54) is 0 Å². The lowest BCUT2D eigenvalue weighted by atomic mass is 9.90. The molecule has 3 aliphatic rings. The van der Waals surface area contributed by atoms with Crippen LogP contribution in [-0.2, 0) is 12.8 Å². The van der Waals surface area contributed by atoms with Crippen LogP contribution in [0.5, 0.6) is 11.5 Å². The Balaban J connectivity index is 0.00000218. The van der Waals surface area contributed by atoms with E-state index in [1.807, 2.05) is 12.1 Å². The highest BCUT2D eigenvalue weighted by atomic mass is 35.5. The van der Waals surface area contributed by atoms with E-state index in [9.17, 15) is 14.7 Å².